The van der Waals surface area contributed by atoms with Gasteiger partial charge in [0.15, 0.2) is 15.8 Å². The number of likely N-dealkylation sites (N-methyl/N-ethyl adjacent to an activating group) is 1. The number of phosphoric ester groups is 1. The first-order valence-corrected chi connectivity index (χ1v) is 10.5. The van der Waals surface area contributed by atoms with Crippen molar-refractivity contribution < 1.29 is 57.7 Å². The van der Waals surface area contributed by atoms with E-state index in [0.717, 1.165) is 29.3 Å². The van der Waals surface area contributed by atoms with E-state index in [9.17, 15) is 19.0 Å². The molecular weight excluding hydrogens is 426 g/mol. The molecule has 2 saturated heterocycles. The quantitative estimate of drug-likeness (QED) is 0.196. The summed E-state index contributed by atoms with van der Waals surface area (Å²) in [6.07, 6.45) is 0. The smallest absolute Gasteiger partial charge is 0.756 e. The molecule has 2 aliphatic heterocycles. The summed E-state index contributed by atoms with van der Waals surface area (Å²) in [5.74, 6) is -0.710. The van der Waals surface area contributed by atoms with Crippen molar-refractivity contribution in [3.63, 3.8) is 0 Å². The van der Waals surface area contributed by atoms with Crippen molar-refractivity contribution in [3.8, 4) is 0 Å². The zero-order chi connectivity index (χ0) is 19.6. The Hall–Kier alpha value is -0.170. The van der Waals surface area contributed by atoms with Crippen LogP contribution in [-0.4, -0.2) is 63.3 Å². The summed E-state index contributed by atoms with van der Waals surface area (Å²) in [4.78, 5) is 38.2. The van der Waals surface area contributed by atoms with E-state index >= 15 is 0 Å². The fourth-order valence-corrected chi connectivity index (χ4v) is 4.56. The number of hydrogen-bond donors (Lipinski definition) is 0. The van der Waals surface area contributed by atoms with Crippen LogP contribution in [0.1, 0.15) is 13.8 Å². The van der Waals surface area contributed by atoms with Crippen LogP contribution in [0.3, 0.4) is 0 Å². The van der Waals surface area contributed by atoms with E-state index in [1.807, 2.05) is 0 Å². The normalized spacial score (nSPS) is 28.0. The van der Waals surface area contributed by atoms with Crippen LogP contribution >= 0.6 is 31.3 Å². The molecule has 0 radical (unpaired) electrons. The van der Waals surface area contributed by atoms with E-state index in [2.05, 4.69) is 25.8 Å². The number of amides is 2. The van der Waals surface area contributed by atoms with E-state index in [-0.39, 0.29) is 45.9 Å². The number of carbonyl (C=O) groups is 2. The largest absolute Gasteiger partial charge is 1.00 e. The second-order valence-corrected chi connectivity index (χ2v) is 9.30. The molecule has 14 heteroatoms. The molecule has 2 amide bonds. The SMILES string of the molecule is C=C(C)CN1C(=O)C(C)S/C1=N\N=C1/SC(OP(=O)([O-])OC)C(=O)N1C.[Na+]. The van der Waals surface area contributed by atoms with Crippen LogP contribution in [0.5, 0.6) is 0 Å². The molecule has 0 bridgehead atoms. The minimum atomic E-state index is -4.57. The molecule has 0 N–H and O–H groups in total. The summed E-state index contributed by atoms with van der Waals surface area (Å²) >= 11 is 2.03. The van der Waals surface area contributed by atoms with Crippen LogP contribution in [0.2, 0.25) is 0 Å². The second kappa shape index (κ2) is 10.0. The molecule has 27 heavy (non-hydrogen) atoms. The molecule has 0 aromatic heterocycles. The van der Waals surface area contributed by atoms with Crippen molar-refractivity contribution in [3.05, 3.63) is 12.2 Å². The number of thioether (sulfide) groups is 2. The maximum atomic E-state index is 12.2. The van der Waals surface area contributed by atoms with E-state index < -0.39 is 19.2 Å². The Bertz CT molecular complexity index is 748. The topological polar surface area (TPSA) is 124 Å². The Labute approximate surface area is 187 Å². The van der Waals surface area contributed by atoms with Gasteiger partial charge < -0.3 is 9.42 Å². The van der Waals surface area contributed by atoms with E-state index in [4.69, 9.17) is 0 Å². The molecule has 3 atom stereocenters. The average molecular weight is 444 g/mol. The van der Waals surface area contributed by atoms with Gasteiger partial charge in [-0.25, -0.2) is 0 Å². The number of nitrogens with zero attached hydrogens (tertiary/aromatic N) is 4. The Balaban J connectivity index is 0.00000364. The number of amidine groups is 2. The minimum Gasteiger partial charge on any atom is -0.756 e. The zero-order valence-corrected chi connectivity index (χ0v) is 20.1. The third kappa shape index (κ3) is 6.15. The van der Waals surface area contributed by atoms with Gasteiger partial charge in [-0.2, -0.15) is 0 Å². The number of hydrogen-bond acceptors (Lipinski definition) is 10. The molecule has 3 unspecified atom stereocenters. The maximum Gasteiger partial charge on any atom is 1.00 e. The van der Waals surface area contributed by atoms with Gasteiger partial charge in [0.05, 0.1) is 5.25 Å². The zero-order valence-electron chi connectivity index (χ0n) is 15.6. The van der Waals surface area contributed by atoms with Crippen LogP contribution in [0, 0.1) is 0 Å². The number of rotatable bonds is 6. The summed E-state index contributed by atoms with van der Waals surface area (Å²) in [7, 11) is -2.21. The Morgan fingerprint density at radius 3 is 2.44 bits per heavy atom. The summed E-state index contributed by atoms with van der Waals surface area (Å²) < 4.78 is 20.3. The minimum absolute atomic E-state index is 0. The molecule has 0 aromatic rings. The first-order valence-electron chi connectivity index (χ1n) is 7.33. The predicted octanol–water partition coefficient (Wildman–Crippen LogP) is -2.18. The van der Waals surface area contributed by atoms with Gasteiger partial charge in [-0.05, 0) is 25.6 Å². The predicted molar refractivity (Wildman–Crippen MR) is 98.3 cm³/mol. The summed E-state index contributed by atoms with van der Waals surface area (Å²) in [5.41, 5.74) is -0.541. The third-order valence-corrected chi connectivity index (χ3v) is 6.46. The molecule has 2 heterocycles. The van der Waals surface area contributed by atoms with Crippen LogP contribution < -0.4 is 34.5 Å². The van der Waals surface area contributed by atoms with E-state index in [0.29, 0.717) is 11.7 Å². The van der Waals surface area contributed by atoms with Crippen LogP contribution in [-0.2, 0) is 23.2 Å². The van der Waals surface area contributed by atoms with Gasteiger partial charge in [0.1, 0.15) is 0 Å². The molecule has 0 aromatic carbocycles. The van der Waals surface area contributed by atoms with Crippen molar-refractivity contribution in [1.82, 2.24) is 9.80 Å². The Morgan fingerprint density at radius 1 is 1.30 bits per heavy atom. The molecule has 0 saturated carbocycles. The van der Waals surface area contributed by atoms with Crippen LogP contribution in [0.25, 0.3) is 0 Å². The monoisotopic (exact) mass is 444 g/mol. The van der Waals surface area contributed by atoms with Crippen molar-refractivity contribution in [2.75, 3.05) is 20.7 Å². The van der Waals surface area contributed by atoms with Crippen molar-refractivity contribution >= 4 is 53.5 Å². The fourth-order valence-electron chi connectivity index (χ4n) is 1.96. The summed E-state index contributed by atoms with van der Waals surface area (Å²) in [5, 5.41) is 8.28. The first kappa shape index (κ1) is 24.9. The maximum absolute atomic E-state index is 12.2. The molecule has 144 valence electrons. The first-order chi connectivity index (χ1) is 12.1. The van der Waals surface area contributed by atoms with Crippen molar-refractivity contribution in [1.29, 1.82) is 0 Å². The number of phosphoric acid groups is 1. The van der Waals surface area contributed by atoms with E-state index in [1.165, 1.54) is 23.7 Å². The molecule has 0 aliphatic carbocycles. The second-order valence-electron chi connectivity index (χ2n) is 5.49. The van der Waals surface area contributed by atoms with Crippen molar-refractivity contribution in [2.24, 2.45) is 10.2 Å². The van der Waals surface area contributed by atoms with Gasteiger partial charge in [-0.3, -0.25) is 28.5 Å². The average Bonchev–Trinajstić information content (AvgIpc) is 2.97. The van der Waals surface area contributed by atoms with Crippen LogP contribution in [0.4, 0.5) is 0 Å². The molecule has 2 rings (SSSR count). The molecule has 0 spiro atoms. The fraction of sp³-hybridized carbons (Fsp3) is 0.538. The van der Waals surface area contributed by atoms with Gasteiger partial charge in [0.2, 0.25) is 5.91 Å². The number of carbonyl (C=O) groups excluding carboxylic acids is 2. The van der Waals surface area contributed by atoms with E-state index in [1.54, 1.807) is 13.8 Å². The molecule has 10 nitrogen and oxygen atoms in total. The summed E-state index contributed by atoms with van der Waals surface area (Å²) in [6, 6.07) is 0. The van der Waals surface area contributed by atoms with Crippen molar-refractivity contribution in [2.45, 2.75) is 24.5 Å². The Kier molecular flexibility index (Phi) is 9.25. The molecule has 2 aliphatic rings. The third-order valence-electron chi connectivity index (χ3n) is 3.26. The van der Waals surface area contributed by atoms with Gasteiger partial charge in [-0.1, -0.05) is 23.9 Å². The van der Waals surface area contributed by atoms with Gasteiger partial charge in [-0.15, -0.1) is 10.2 Å². The van der Waals surface area contributed by atoms with Gasteiger partial charge in [0, 0.05) is 20.7 Å². The molecular formula is C13H18N4NaO6PS2. The van der Waals surface area contributed by atoms with Crippen LogP contribution in [0.15, 0.2) is 22.4 Å². The summed E-state index contributed by atoms with van der Waals surface area (Å²) in [6.45, 7) is 7.66. The van der Waals surface area contributed by atoms with Gasteiger partial charge >= 0.3 is 29.6 Å². The standard InChI is InChI=1S/C13H19N4O6PS2.Na/c1-7(2)6-17-9(18)8(3)25-13(17)15-14-12-16(4)10(19)11(26-12)23-24(20,21)22-5;/h8,11H,1,6H2,2-5H3,(H,20,21);/q;+1/p-1/b14-12-,15-13-;. The Morgan fingerprint density at radius 2 is 1.89 bits per heavy atom. The molecule has 2 fully saturated rings. The van der Waals surface area contributed by atoms with Gasteiger partial charge in [0.25, 0.3) is 13.7 Å².